The zero-order valence-electron chi connectivity index (χ0n) is 15.3. The van der Waals surface area contributed by atoms with E-state index in [1.54, 1.807) is 29.2 Å². The Morgan fingerprint density at radius 1 is 1.20 bits per heavy atom. The van der Waals surface area contributed by atoms with Gasteiger partial charge in [0.05, 0.1) is 13.2 Å². The molecule has 1 heterocycles. The normalized spacial score (nSPS) is 15.1. The molecule has 2 amide bonds. The zero-order chi connectivity index (χ0) is 18.2. The molecule has 0 aromatic heterocycles. The van der Waals surface area contributed by atoms with Gasteiger partial charge in [0, 0.05) is 24.7 Å². The van der Waals surface area contributed by atoms with E-state index in [2.05, 4.69) is 5.32 Å². The molecule has 1 aliphatic rings. The molecule has 1 aromatic carbocycles. The maximum atomic E-state index is 12.3. The third kappa shape index (κ3) is 5.96. The largest absolute Gasteiger partial charge is 0.494 e. The molecule has 0 atom stereocenters. The van der Waals surface area contributed by atoms with Crippen LogP contribution in [-0.4, -0.2) is 49.2 Å². The maximum absolute atomic E-state index is 12.3. The van der Waals surface area contributed by atoms with Crippen molar-refractivity contribution in [3.05, 3.63) is 29.8 Å². The van der Waals surface area contributed by atoms with Gasteiger partial charge in [0.1, 0.15) is 5.75 Å². The van der Waals surface area contributed by atoms with Gasteiger partial charge in [-0.15, -0.1) is 0 Å². The third-order valence-electron chi connectivity index (χ3n) is 4.06. The fraction of sp³-hybridized carbons (Fsp3) is 0.579. The minimum atomic E-state index is -0.259. The Morgan fingerprint density at radius 3 is 2.40 bits per heavy atom. The quantitative estimate of drug-likeness (QED) is 0.858. The first-order chi connectivity index (χ1) is 12.0. The second-order valence-electron chi connectivity index (χ2n) is 6.66. The van der Waals surface area contributed by atoms with Gasteiger partial charge in [0.2, 0.25) is 0 Å². The van der Waals surface area contributed by atoms with Crippen molar-refractivity contribution in [1.29, 1.82) is 0 Å². The second kappa shape index (κ2) is 9.30. The Balaban J connectivity index is 1.77. The first-order valence-corrected chi connectivity index (χ1v) is 8.95. The van der Waals surface area contributed by atoms with Crippen LogP contribution < -0.4 is 10.1 Å². The van der Waals surface area contributed by atoms with Gasteiger partial charge < -0.3 is 19.7 Å². The highest BCUT2D eigenvalue weighted by Crippen LogP contribution is 2.15. The molecular formula is C19H28N2O4. The number of amides is 2. The van der Waals surface area contributed by atoms with Crippen molar-refractivity contribution in [2.45, 2.75) is 39.7 Å². The van der Waals surface area contributed by atoms with Gasteiger partial charge in [0.25, 0.3) is 5.91 Å². The van der Waals surface area contributed by atoms with Crippen LogP contribution in [0.4, 0.5) is 4.79 Å². The van der Waals surface area contributed by atoms with Gasteiger partial charge >= 0.3 is 6.09 Å². The molecule has 1 fully saturated rings. The first kappa shape index (κ1) is 19.1. The van der Waals surface area contributed by atoms with Gasteiger partial charge in [-0.05, 0) is 49.9 Å². The lowest BCUT2D eigenvalue weighted by atomic mass is 10.0. The number of benzene rings is 1. The van der Waals surface area contributed by atoms with Crippen molar-refractivity contribution < 1.29 is 19.1 Å². The fourth-order valence-corrected chi connectivity index (χ4v) is 2.67. The van der Waals surface area contributed by atoms with Crippen LogP contribution in [0.2, 0.25) is 0 Å². The number of piperidine rings is 1. The topological polar surface area (TPSA) is 67.9 Å². The van der Waals surface area contributed by atoms with Crippen molar-refractivity contribution in [2.75, 3.05) is 26.3 Å². The Kier molecular flexibility index (Phi) is 7.10. The minimum Gasteiger partial charge on any atom is -0.494 e. The van der Waals surface area contributed by atoms with Crippen molar-refractivity contribution in [2.24, 2.45) is 5.92 Å². The van der Waals surface area contributed by atoms with E-state index in [0.717, 1.165) is 18.6 Å². The van der Waals surface area contributed by atoms with Crippen LogP contribution in [0.25, 0.3) is 0 Å². The lowest BCUT2D eigenvalue weighted by molar-refractivity contribution is 0.0785. The molecular weight excluding hydrogens is 320 g/mol. The predicted octanol–water partition coefficient (Wildman–Crippen LogP) is 3.07. The summed E-state index contributed by atoms with van der Waals surface area (Å²) in [5.41, 5.74) is 0.613. The van der Waals surface area contributed by atoms with Crippen LogP contribution in [0.3, 0.4) is 0 Å². The molecule has 0 aliphatic carbocycles. The van der Waals surface area contributed by atoms with Crippen molar-refractivity contribution in [3.8, 4) is 5.75 Å². The highest BCUT2D eigenvalue weighted by Gasteiger charge is 2.25. The van der Waals surface area contributed by atoms with Gasteiger partial charge in [-0.3, -0.25) is 4.79 Å². The number of rotatable bonds is 6. The molecule has 6 heteroatoms. The SMILES string of the molecule is CCOc1ccc(C(=O)NC2CCN(C(=O)OCC(C)C)CC2)cc1. The average Bonchev–Trinajstić information content (AvgIpc) is 2.61. The number of hydrogen-bond acceptors (Lipinski definition) is 4. The maximum Gasteiger partial charge on any atom is 0.409 e. The number of carbonyl (C=O) groups is 2. The number of nitrogens with zero attached hydrogens (tertiary/aromatic N) is 1. The van der Waals surface area contributed by atoms with E-state index in [4.69, 9.17) is 9.47 Å². The lowest BCUT2D eigenvalue weighted by Crippen LogP contribution is -2.46. The first-order valence-electron chi connectivity index (χ1n) is 8.95. The number of carbonyl (C=O) groups excluding carboxylic acids is 2. The predicted molar refractivity (Wildman–Crippen MR) is 95.9 cm³/mol. The standard InChI is InChI=1S/C19H28N2O4/c1-4-24-17-7-5-15(6-8-17)18(22)20-16-9-11-21(12-10-16)19(23)25-13-14(2)3/h5-8,14,16H,4,9-13H2,1-3H3,(H,20,22). The third-order valence-corrected chi connectivity index (χ3v) is 4.06. The summed E-state index contributed by atoms with van der Waals surface area (Å²) in [6.45, 7) is 8.19. The fourth-order valence-electron chi connectivity index (χ4n) is 2.67. The highest BCUT2D eigenvalue weighted by molar-refractivity contribution is 5.94. The van der Waals surface area contributed by atoms with Crippen LogP contribution in [-0.2, 0) is 4.74 Å². The summed E-state index contributed by atoms with van der Waals surface area (Å²) in [5.74, 6) is 0.992. The van der Waals surface area contributed by atoms with Crippen molar-refractivity contribution in [3.63, 3.8) is 0 Å². The van der Waals surface area contributed by atoms with Crippen LogP contribution in [0.15, 0.2) is 24.3 Å². The zero-order valence-corrected chi connectivity index (χ0v) is 15.3. The Labute approximate surface area is 149 Å². The molecule has 2 rings (SSSR count). The summed E-state index contributed by atoms with van der Waals surface area (Å²) in [6.07, 6.45) is 1.21. The molecule has 1 aromatic rings. The lowest BCUT2D eigenvalue weighted by Gasteiger charge is -2.31. The Bertz CT molecular complexity index is 563. The number of hydrogen-bond donors (Lipinski definition) is 1. The number of ether oxygens (including phenoxy) is 2. The molecule has 25 heavy (non-hydrogen) atoms. The van der Waals surface area contributed by atoms with E-state index >= 15 is 0 Å². The molecule has 6 nitrogen and oxygen atoms in total. The van der Waals surface area contributed by atoms with Crippen molar-refractivity contribution >= 4 is 12.0 Å². The van der Waals surface area contributed by atoms with E-state index in [0.29, 0.717) is 37.8 Å². The summed E-state index contributed by atoms with van der Waals surface area (Å²) in [6, 6.07) is 7.20. The summed E-state index contributed by atoms with van der Waals surface area (Å²) in [4.78, 5) is 26.0. The minimum absolute atomic E-state index is 0.0771. The molecule has 0 spiro atoms. The van der Waals surface area contributed by atoms with Gasteiger partial charge in [-0.25, -0.2) is 4.79 Å². The van der Waals surface area contributed by atoms with Crippen LogP contribution in [0.5, 0.6) is 5.75 Å². The van der Waals surface area contributed by atoms with Gasteiger partial charge in [0.15, 0.2) is 0 Å². The molecule has 0 bridgehead atoms. The molecule has 138 valence electrons. The average molecular weight is 348 g/mol. The van der Waals surface area contributed by atoms with E-state index in [1.807, 2.05) is 20.8 Å². The van der Waals surface area contributed by atoms with Gasteiger partial charge in [-0.1, -0.05) is 13.8 Å². The Morgan fingerprint density at radius 2 is 1.84 bits per heavy atom. The summed E-state index contributed by atoms with van der Waals surface area (Å²) in [7, 11) is 0. The monoisotopic (exact) mass is 348 g/mol. The van der Waals surface area contributed by atoms with E-state index in [1.165, 1.54) is 0 Å². The number of nitrogens with one attached hydrogen (secondary N) is 1. The Hall–Kier alpha value is -2.24. The molecule has 0 radical (unpaired) electrons. The highest BCUT2D eigenvalue weighted by atomic mass is 16.6. The van der Waals surface area contributed by atoms with Gasteiger partial charge in [-0.2, -0.15) is 0 Å². The van der Waals surface area contributed by atoms with E-state index in [9.17, 15) is 9.59 Å². The molecule has 0 unspecified atom stereocenters. The number of likely N-dealkylation sites (tertiary alicyclic amines) is 1. The summed E-state index contributed by atoms with van der Waals surface area (Å²) >= 11 is 0. The van der Waals surface area contributed by atoms with E-state index < -0.39 is 0 Å². The molecule has 1 saturated heterocycles. The van der Waals surface area contributed by atoms with Crippen LogP contribution >= 0.6 is 0 Å². The second-order valence-corrected chi connectivity index (χ2v) is 6.66. The smallest absolute Gasteiger partial charge is 0.409 e. The molecule has 0 saturated carbocycles. The van der Waals surface area contributed by atoms with Crippen LogP contribution in [0.1, 0.15) is 44.0 Å². The summed E-state index contributed by atoms with van der Waals surface area (Å²) < 4.78 is 10.6. The molecule has 1 aliphatic heterocycles. The van der Waals surface area contributed by atoms with Crippen LogP contribution in [0, 0.1) is 5.92 Å². The van der Waals surface area contributed by atoms with E-state index in [-0.39, 0.29) is 18.0 Å². The molecule has 1 N–H and O–H groups in total. The van der Waals surface area contributed by atoms with Crippen molar-refractivity contribution in [1.82, 2.24) is 10.2 Å². The summed E-state index contributed by atoms with van der Waals surface area (Å²) in [5, 5.41) is 3.04.